The molecule has 0 saturated carbocycles. The zero-order valence-corrected chi connectivity index (χ0v) is 9.83. The summed E-state index contributed by atoms with van der Waals surface area (Å²) in [5.74, 6) is -2.54. The molecule has 96 valence electrons. The molecule has 2 aromatic rings. The number of rotatable bonds is 1. The van der Waals surface area contributed by atoms with E-state index in [9.17, 15) is 8.78 Å². The number of nitrogens with zero attached hydrogens (tertiary/aromatic N) is 1. The van der Waals surface area contributed by atoms with Crippen LogP contribution < -0.4 is 10.6 Å². The zero-order chi connectivity index (χ0) is 12.8. The van der Waals surface area contributed by atoms with Gasteiger partial charge in [0.2, 0.25) is 0 Å². The fraction of sp³-hybridized carbons (Fsp3) is 0.385. The molecule has 0 aliphatic carbocycles. The Labute approximate surface area is 103 Å². The third-order valence-corrected chi connectivity index (χ3v) is 3.41. The van der Waals surface area contributed by atoms with Crippen LogP contribution in [0.25, 0.3) is 11.0 Å². The van der Waals surface area contributed by atoms with Gasteiger partial charge >= 0.3 is 0 Å². The van der Waals surface area contributed by atoms with Crippen molar-refractivity contribution in [2.24, 2.45) is 0 Å². The molecule has 0 bridgehead atoms. The molecule has 2 N–H and O–H groups in total. The van der Waals surface area contributed by atoms with E-state index >= 15 is 0 Å². The van der Waals surface area contributed by atoms with Gasteiger partial charge in [0.15, 0.2) is 0 Å². The maximum atomic E-state index is 13.2. The molecule has 1 aromatic heterocycles. The van der Waals surface area contributed by atoms with Crippen molar-refractivity contribution in [3.63, 3.8) is 0 Å². The molecule has 5 heteroatoms. The van der Waals surface area contributed by atoms with Gasteiger partial charge in [-0.05, 0) is 12.1 Å². The Balaban J connectivity index is 1.97. The molecule has 1 aromatic carbocycles. The minimum atomic E-state index is -2.54. The summed E-state index contributed by atoms with van der Waals surface area (Å²) in [5.41, 5.74) is 7.98. The number of benzene rings is 1. The molecule has 0 atom stereocenters. The summed E-state index contributed by atoms with van der Waals surface area (Å²) in [5, 5.41) is 0.925. The van der Waals surface area contributed by atoms with Crippen molar-refractivity contribution in [2.45, 2.75) is 18.8 Å². The predicted octanol–water partition coefficient (Wildman–Crippen LogP) is 3.25. The van der Waals surface area contributed by atoms with E-state index in [2.05, 4.69) is 0 Å². The van der Waals surface area contributed by atoms with Gasteiger partial charge in [0.1, 0.15) is 5.58 Å². The lowest BCUT2D eigenvalue weighted by atomic mass is 10.0. The van der Waals surface area contributed by atoms with Crippen LogP contribution in [0, 0.1) is 0 Å². The summed E-state index contributed by atoms with van der Waals surface area (Å²) in [4.78, 5) is 1.95. The number of nitrogens with two attached hydrogens (primary N) is 1. The van der Waals surface area contributed by atoms with E-state index in [-0.39, 0.29) is 12.8 Å². The van der Waals surface area contributed by atoms with E-state index in [1.165, 1.54) is 0 Å². The van der Waals surface area contributed by atoms with Crippen molar-refractivity contribution in [3.05, 3.63) is 24.5 Å². The Hall–Kier alpha value is -1.78. The van der Waals surface area contributed by atoms with Gasteiger partial charge in [0, 0.05) is 48.8 Å². The Morgan fingerprint density at radius 1 is 1.22 bits per heavy atom. The third-order valence-electron chi connectivity index (χ3n) is 3.41. The number of alkyl halides is 2. The molecule has 0 amide bonds. The monoisotopic (exact) mass is 252 g/mol. The molecule has 1 fully saturated rings. The number of fused-ring (bicyclic) bond motifs is 1. The molecule has 3 rings (SSSR count). The summed E-state index contributed by atoms with van der Waals surface area (Å²) < 4.78 is 31.6. The van der Waals surface area contributed by atoms with E-state index in [0.717, 1.165) is 11.1 Å². The van der Waals surface area contributed by atoms with Crippen molar-refractivity contribution in [3.8, 4) is 0 Å². The maximum Gasteiger partial charge on any atom is 0.251 e. The summed E-state index contributed by atoms with van der Waals surface area (Å²) in [6.07, 6.45) is 1.37. The van der Waals surface area contributed by atoms with Gasteiger partial charge in [-0.15, -0.1) is 0 Å². The predicted molar refractivity (Wildman–Crippen MR) is 67.0 cm³/mol. The van der Waals surface area contributed by atoms with Crippen molar-refractivity contribution >= 4 is 22.3 Å². The first-order chi connectivity index (χ1) is 8.55. The number of hydrogen-bond acceptors (Lipinski definition) is 3. The number of piperidine rings is 1. The summed E-state index contributed by atoms with van der Waals surface area (Å²) in [6.45, 7) is 0.688. The van der Waals surface area contributed by atoms with Gasteiger partial charge in [0.05, 0.1) is 6.26 Å². The standard InChI is InChI=1S/C13H14F2N2O/c14-13(15)2-4-17(5-3-13)11-7-9(16)8-12-10(11)1-6-18-12/h1,6-8H,2-5,16H2. The van der Waals surface area contributed by atoms with Crippen LogP contribution in [-0.4, -0.2) is 19.0 Å². The van der Waals surface area contributed by atoms with Crippen LogP contribution in [0.1, 0.15) is 12.8 Å². The summed E-state index contributed by atoms with van der Waals surface area (Å²) in [7, 11) is 0. The van der Waals surface area contributed by atoms with Gasteiger partial charge in [0.25, 0.3) is 5.92 Å². The topological polar surface area (TPSA) is 42.4 Å². The molecule has 1 aliphatic rings. The highest BCUT2D eigenvalue weighted by Gasteiger charge is 2.34. The number of hydrogen-bond donors (Lipinski definition) is 1. The van der Waals surface area contributed by atoms with Crippen LogP contribution in [0.5, 0.6) is 0 Å². The van der Waals surface area contributed by atoms with Crippen LogP contribution >= 0.6 is 0 Å². The van der Waals surface area contributed by atoms with E-state index in [4.69, 9.17) is 10.2 Å². The summed E-state index contributed by atoms with van der Waals surface area (Å²) >= 11 is 0. The number of nitrogen functional groups attached to an aromatic ring is 1. The van der Waals surface area contributed by atoms with Crippen molar-refractivity contribution in [1.82, 2.24) is 0 Å². The number of anilines is 2. The quantitative estimate of drug-likeness (QED) is 0.792. The lowest BCUT2D eigenvalue weighted by Crippen LogP contribution is -2.39. The highest BCUT2D eigenvalue weighted by Crippen LogP contribution is 2.35. The first-order valence-corrected chi connectivity index (χ1v) is 5.95. The second kappa shape index (κ2) is 3.86. The SMILES string of the molecule is Nc1cc(N2CCC(F)(F)CC2)c2ccoc2c1. The van der Waals surface area contributed by atoms with Gasteiger partial charge in [-0.1, -0.05) is 0 Å². The van der Waals surface area contributed by atoms with E-state index in [1.54, 1.807) is 12.3 Å². The minimum absolute atomic E-state index is 0.110. The molecule has 3 nitrogen and oxygen atoms in total. The molecule has 1 saturated heterocycles. The molecule has 0 spiro atoms. The van der Waals surface area contributed by atoms with Gasteiger partial charge in [-0.2, -0.15) is 0 Å². The van der Waals surface area contributed by atoms with Crippen molar-refractivity contribution < 1.29 is 13.2 Å². The van der Waals surface area contributed by atoms with E-state index in [0.29, 0.717) is 24.4 Å². The minimum Gasteiger partial charge on any atom is -0.464 e. The highest BCUT2D eigenvalue weighted by molar-refractivity contribution is 5.93. The lowest BCUT2D eigenvalue weighted by molar-refractivity contribution is -0.0220. The average Bonchev–Trinajstić information content (AvgIpc) is 2.76. The number of furan rings is 1. The third kappa shape index (κ3) is 1.89. The molecular weight excluding hydrogens is 238 g/mol. The van der Waals surface area contributed by atoms with Gasteiger partial charge < -0.3 is 15.1 Å². The lowest BCUT2D eigenvalue weighted by Gasteiger charge is -2.33. The molecule has 0 unspecified atom stereocenters. The smallest absolute Gasteiger partial charge is 0.251 e. The van der Waals surface area contributed by atoms with Crippen molar-refractivity contribution in [1.29, 1.82) is 0 Å². The first kappa shape index (κ1) is 11.3. The Kier molecular flexibility index (Phi) is 2.43. The average molecular weight is 252 g/mol. The molecule has 18 heavy (non-hydrogen) atoms. The van der Waals surface area contributed by atoms with Crippen LogP contribution in [0.2, 0.25) is 0 Å². The van der Waals surface area contributed by atoms with Crippen LogP contribution in [0.4, 0.5) is 20.2 Å². The molecule has 0 radical (unpaired) electrons. The Bertz CT molecular complexity index is 569. The van der Waals surface area contributed by atoms with Crippen molar-refractivity contribution in [2.75, 3.05) is 23.7 Å². The highest BCUT2D eigenvalue weighted by atomic mass is 19.3. The first-order valence-electron chi connectivity index (χ1n) is 5.95. The van der Waals surface area contributed by atoms with E-state index < -0.39 is 5.92 Å². The van der Waals surface area contributed by atoms with E-state index in [1.807, 2.05) is 17.0 Å². The van der Waals surface area contributed by atoms with Crippen LogP contribution in [0.15, 0.2) is 28.9 Å². The van der Waals surface area contributed by atoms with Crippen LogP contribution in [-0.2, 0) is 0 Å². The molecule has 1 aliphatic heterocycles. The normalized spacial score (nSPS) is 19.3. The Morgan fingerprint density at radius 2 is 1.94 bits per heavy atom. The zero-order valence-electron chi connectivity index (χ0n) is 9.83. The Morgan fingerprint density at radius 3 is 2.67 bits per heavy atom. The fourth-order valence-electron chi connectivity index (χ4n) is 2.41. The molecule has 2 heterocycles. The number of halogens is 2. The van der Waals surface area contributed by atoms with Gasteiger partial charge in [-0.25, -0.2) is 8.78 Å². The largest absolute Gasteiger partial charge is 0.464 e. The molecular formula is C13H14F2N2O. The second-order valence-electron chi connectivity index (χ2n) is 4.72. The van der Waals surface area contributed by atoms with Gasteiger partial charge in [-0.3, -0.25) is 0 Å². The summed E-state index contributed by atoms with van der Waals surface area (Å²) in [6, 6.07) is 5.41. The fourth-order valence-corrected chi connectivity index (χ4v) is 2.41. The second-order valence-corrected chi connectivity index (χ2v) is 4.72. The maximum absolute atomic E-state index is 13.2. The van der Waals surface area contributed by atoms with Crippen LogP contribution in [0.3, 0.4) is 0 Å².